The van der Waals surface area contributed by atoms with Crippen molar-refractivity contribution in [2.45, 2.75) is 39.0 Å². The first kappa shape index (κ1) is 11.6. The first-order chi connectivity index (χ1) is 7.66. The van der Waals surface area contributed by atoms with Crippen LogP contribution in [0, 0.1) is 5.41 Å². The summed E-state index contributed by atoms with van der Waals surface area (Å²) in [5.74, 6) is -0.121. The van der Waals surface area contributed by atoms with E-state index in [4.69, 9.17) is 0 Å². The lowest BCUT2D eigenvalue weighted by Crippen LogP contribution is -2.33. The van der Waals surface area contributed by atoms with Gasteiger partial charge >= 0.3 is 0 Å². The van der Waals surface area contributed by atoms with E-state index in [1.165, 1.54) is 0 Å². The van der Waals surface area contributed by atoms with Gasteiger partial charge in [0.05, 0.1) is 5.41 Å². The molecule has 90 valence electrons. The average molecular weight is 224 g/mol. The number of rotatable bonds is 2. The van der Waals surface area contributed by atoms with Gasteiger partial charge in [-0.3, -0.25) is 14.9 Å². The lowest BCUT2D eigenvalue weighted by molar-refractivity contribution is -0.129. The predicted molar refractivity (Wildman–Crippen MR) is 60.8 cm³/mol. The van der Waals surface area contributed by atoms with Crippen LogP contribution < -0.4 is 5.32 Å². The Balaban J connectivity index is 2.02. The van der Waals surface area contributed by atoms with Gasteiger partial charge in [0, 0.05) is 6.42 Å². The van der Waals surface area contributed by atoms with Gasteiger partial charge in [-0.2, -0.15) is 0 Å². The Morgan fingerprint density at radius 3 is 2.75 bits per heavy atom. The van der Waals surface area contributed by atoms with E-state index < -0.39 is 0 Å². The highest BCUT2D eigenvalue weighted by molar-refractivity contribution is 6.05. The topological polar surface area (TPSA) is 49.4 Å². The molecule has 0 radical (unpaired) electrons. The monoisotopic (exact) mass is 224 g/mol. The van der Waals surface area contributed by atoms with E-state index in [9.17, 15) is 9.59 Å². The van der Waals surface area contributed by atoms with Crippen molar-refractivity contribution >= 4 is 11.8 Å². The third-order valence-electron chi connectivity index (χ3n) is 3.81. The van der Waals surface area contributed by atoms with Crippen LogP contribution in [0.3, 0.4) is 0 Å². The third-order valence-corrected chi connectivity index (χ3v) is 3.81. The van der Waals surface area contributed by atoms with Crippen LogP contribution in [-0.2, 0) is 9.59 Å². The van der Waals surface area contributed by atoms with Crippen molar-refractivity contribution in [3.8, 4) is 0 Å². The van der Waals surface area contributed by atoms with E-state index in [1.54, 1.807) is 0 Å². The maximum atomic E-state index is 11.8. The SMILES string of the molecule is CCCN1CCCC2(CC1)CC(=O)NC2=O. The van der Waals surface area contributed by atoms with Gasteiger partial charge < -0.3 is 4.90 Å². The van der Waals surface area contributed by atoms with Gasteiger partial charge in [0.1, 0.15) is 0 Å². The predicted octanol–water partition coefficient (Wildman–Crippen LogP) is 0.915. The summed E-state index contributed by atoms with van der Waals surface area (Å²) in [6, 6.07) is 0. The first-order valence-electron chi connectivity index (χ1n) is 6.23. The Kier molecular flexibility index (Phi) is 3.28. The van der Waals surface area contributed by atoms with Crippen molar-refractivity contribution in [2.75, 3.05) is 19.6 Å². The van der Waals surface area contributed by atoms with Gasteiger partial charge in [-0.25, -0.2) is 0 Å². The number of imide groups is 1. The molecule has 4 heteroatoms. The molecule has 2 heterocycles. The molecule has 2 fully saturated rings. The van der Waals surface area contributed by atoms with Crippen LogP contribution in [0.25, 0.3) is 0 Å². The van der Waals surface area contributed by atoms with Crippen LogP contribution in [0.5, 0.6) is 0 Å². The minimum Gasteiger partial charge on any atom is -0.303 e. The third kappa shape index (κ3) is 2.12. The van der Waals surface area contributed by atoms with Gasteiger partial charge in [0.15, 0.2) is 0 Å². The van der Waals surface area contributed by atoms with Crippen LogP contribution in [0.4, 0.5) is 0 Å². The summed E-state index contributed by atoms with van der Waals surface area (Å²) in [4.78, 5) is 25.5. The maximum absolute atomic E-state index is 11.8. The number of likely N-dealkylation sites (tertiary alicyclic amines) is 1. The number of nitrogens with zero attached hydrogens (tertiary/aromatic N) is 1. The standard InChI is InChI=1S/C12H20N2O2/c1-2-6-14-7-3-4-12(5-8-14)9-10(15)13-11(12)16/h2-9H2,1H3,(H,13,15,16). The van der Waals surface area contributed by atoms with Gasteiger partial charge in [-0.1, -0.05) is 6.92 Å². The van der Waals surface area contributed by atoms with E-state index in [0.29, 0.717) is 6.42 Å². The fourth-order valence-electron chi connectivity index (χ4n) is 2.88. The molecule has 1 spiro atoms. The zero-order valence-corrected chi connectivity index (χ0v) is 9.92. The molecule has 2 aliphatic rings. The average Bonchev–Trinajstić information content (AvgIpc) is 2.41. The van der Waals surface area contributed by atoms with Crippen molar-refractivity contribution < 1.29 is 9.59 Å². The number of carbonyl (C=O) groups is 2. The first-order valence-corrected chi connectivity index (χ1v) is 6.23. The highest BCUT2D eigenvalue weighted by Gasteiger charge is 2.46. The summed E-state index contributed by atoms with van der Waals surface area (Å²) >= 11 is 0. The quantitative estimate of drug-likeness (QED) is 0.709. The molecule has 2 saturated heterocycles. The van der Waals surface area contributed by atoms with Crippen molar-refractivity contribution in [3.63, 3.8) is 0 Å². The molecule has 2 rings (SSSR count). The van der Waals surface area contributed by atoms with E-state index in [0.717, 1.165) is 45.3 Å². The second-order valence-corrected chi connectivity index (χ2v) is 5.03. The number of nitrogens with one attached hydrogen (secondary N) is 1. The molecule has 0 saturated carbocycles. The molecule has 1 N–H and O–H groups in total. The van der Waals surface area contributed by atoms with Gasteiger partial charge in [-0.05, 0) is 45.3 Å². The molecule has 2 aliphatic heterocycles. The molecule has 16 heavy (non-hydrogen) atoms. The molecule has 1 unspecified atom stereocenters. The fraction of sp³-hybridized carbons (Fsp3) is 0.833. The van der Waals surface area contributed by atoms with Crippen molar-refractivity contribution in [3.05, 3.63) is 0 Å². The maximum Gasteiger partial charge on any atom is 0.233 e. The van der Waals surface area contributed by atoms with E-state index in [2.05, 4.69) is 17.1 Å². The van der Waals surface area contributed by atoms with Crippen molar-refractivity contribution in [1.29, 1.82) is 0 Å². The molecule has 1 atom stereocenters. The van der Waals surface area contributed by atoms with Crippen LogP contribution in [-0.4, -0.2) is 36.3 Å². The summed E-state index contributed by atoms with van der Waals surface area (Å²) in [6.45, 7) is 5.30. The molecule has 0 aliphatic carbocycles. The number of hydrogen-bond acceptors (Lipinski definition) is 3. The summed E-state index contributed by atoms with van der Waals surface area (Å²) in [6.07, 6.45) is 4.29. The molecular weight excluding hydrogens is 204 g/mol. The van der Waals surface area contributed by atoms with E-state index in [-0.39, 0.29) is 17.2 Å². The summed E-state index contributed by atoms with van der Waals surface area (Å²) in [5, 5.41) is 2.46. The number of carbonyl (C=O) groups excluding carboxylic acids is 2. The second-order valence-electron chi connectivity index (χ2n) is 5.03. The van der Waals surface area contributed by atoms with Crippen LogP contribution in [0.15, 0.2) is 0 Å². The molecular formula is C12H20N2O2. The molecule has 0 aromatic carbocycles. The molecule has 0 aromatic rings. The fourth-order valence-corrected chi connectivity index (χ4v) is 2.88. The minimum absolute atomic E-state index is 0.0316. The molecule has 0 aromatic heterocycles. The summed E-state index contributed by atoms with van der Waals surface area (Å²) < 4.78 is 0. The largest absolute Gasteiger partial charge is 0.303 e. The lowest BCUT2D eigenvalue weighted by Gasteiger charge is -2.23. The zero-order valence-electron chi connectivity index (χ0n) is 9.92. The Hall–Kier alpha value is -0.900. The smallest absolute Gasteiger partial charge is 0.233 e. The summed E-state index contributed by atoms with van der Waals surface area (Å²) in [7, 11) is 0. The van der Waals surface area contributed by atoms with Gasteiger partial charge in [0.25, 0.3) is 0 Å². The zero-order chi connectivity index (χ0) is 11.6. The Morgan fingerprint density at radius 2 is 2.12 bits per heavy atom. The Morgan fingerprint density at radius 1 is 1.31 bits per heavy atom. The van der Waals surface area contributed by atoms with Gasteiger partial charge in [0.2, 0.25) is 11.8 Å². The van der Waals surface area contributed by atoms with Crippen LogP contribution in [0.1, 0.15) is 39.0 Å². The van der Waals surface area contributed by atoms with Crippen molar-refractivity contribution in [1.82, 2.24) is 10.2 Å². The molecule has 4 nitrogen and oxygen atoms in total. The molecule has 2 amide bonds. The van der Waals surface area contributed by atoms with E-state index >= 15 is 0 Å². The highest BCUT2D eigenvalue weighted by atomic mass is 16.2. The van der Waals surface area contributed by atoms with Crippen LogP contribution >= 0.6 is 0 Å². The lowest BCUT2D eigenvalue weighted by atomic mass is 9.79. The van der Waals surface area contributed by atoms with E-state index in [1.807, 2.05) is 0 Å². The number of amides is 2. The normalized spacial score (nSPS) is 31.8. The Labute approximate surface area is 96.4 Å². The van der Waals surface area contributed by atoms with Crippen molar-refractivity contribution in [2.24, 2.45) is 5.41 Å². The minimum atomic E-state index is -0.375. The number of hydrogen-bond donors (Lipinski definition) is 1. The molecule has 0 bridgehead atoms. The summed E-state index contributed by atoms with van der Waals surface area (Å²) in [5.41, 5.74) is -0.375. The van der Waals surface area contributed by atoms with Crippen LogP contribution in [0.2, 0.25) is 0 Å². The van der Waals surface area contributed by atoms with Gasteiger partial charge in [-0.15, -0.1) is 0 Å². The Bertz CT molecular complexity index is 303. The second kappa shape index (κ2) is 4.53. The highest BCUT2D eigenvalue weighted by Crippen LogP contribution is 2.38.